The number of halogens is 2. The summed E-state index contributed by atoms with van der Waals surface area (Å²) in [7, 11) is -2.01. The van der Waals surface area contributed by atoms with Gasteiger partial charge in [-0.3, -0.25) is 4.98 Å². The van der Waals surface area contributed by atoms with Crippen molar-refractivity contribution < 1.29 is 27.8 Å². The number of anilines is 1. The average molecular weight is 765 g/mol. The molecule has 292 valence electrons. The van der Waals surface area contributed by atoms with Crippen LogP contribution in [0.1, 0.15) is 85.9 Å². The number of aromatic nitrogens is 4. The second kappa shape index (κ2) is 15.4. The van der Waals surface area contributed by atoms with Crippen molar-refractivity contribution in [3.63, 3.8) is 0 Å². The lowest BCUT2D eigenvalue weighted by molar-refractivity contribution is 0.0218. The summed E-state index contributed by atoms with van der Waals surface area (Å²) in [6.07, 6.45) is 2.45. The largest absolute Gasteiger partial charge is 0.507 e. The Morgan fingerprint density at radius 2 is 1.76 bits per heavy atom. The van der Waals surface area contributed by atoms with E-state index in [2.05, 4.69) is 43.8 Å². The Balaban J connectivity index is 1.69. The van der Waals surface area contributed by atoms with Crippen LogP contribution in [0, 0.1) is 11.6 Å². The van der Waals surface area contributed by atoms with Crippen LogP contribution in [0.25, 0.3) is 28.0 Å². The average Bonchev–Trinajstić information content (AvgIpc) is 3.05. The summed E-state index contributed by atoms with van der Waals surface area (Å²) >= 11 is 0. The van der Waals surface area contributed by atoms with E-state index in [4.69, 9.17) is 14.1 Å². The maximum atomic E-state index is 16.3. The molecule has 14 heteroatoms. The number of benzene rings is 1. The first kappa shape index (κ1) is 40.7. The van der Waals surface area contributed by atoms with Crippen LogP contribution in [0.15, 0.2) is 41.3 Å². The van der Waals surface area contributed by atoms with E-state index < -0.39 is 54.3 Å². The van der Waals surface area contributed by atoms with Gasteiger partial charge in [0.05, 0.1) is 22.3 Å². The van der Waals surface area contributed by atoms with Crippen molar-refractivity contribution in [1.29, 1.82) is 0 Å². The number of carbonyl (C=O) groups is 1. The second-order valence-corrected chi connectivity index (χ2v) is 21.7. The lowest BCUT2D eigenvalue weighted by Crippen LogP contribution is -2.55. The number of piperazine rings is 1. The minimum absolute atomic E-state index is 0.0273. The highest BCUT2D eigenvalue weighted by atomic mass is 28.4. The van der Waals surface area contributed by atoms with Crippen LogP contribution in [-0.4, -0.2) is 81.8 Å². The van der Waals surface area contributed by atoms with Crippen molar-refractivity contribution in [3.05, 3.63) is 69.9 Å². The zero-order chi connectivity index (χ0) is 39.9. The maximum Gasteiger partial charge on any atom is 0.410 e. The van der Waals surface area contributed by atoms with Crippen LogP contribution in [-0.2, 0) is 15.6 Å². The minimum Gasteiger partial charge on any atom is -0.507 e. The number of fused-ring (bicyclic) bond motifs is 1. The number of ether oxygens (including phenoxy) is 1. The third kappa shape index (κ3) is 8.44. The Bertz CT molecular complexity index is 2070. The molecule has 54 heavy (non-hydrogen) atoms. The molecule has 0 radical (unpaired) electrons. The number of carbonyl (C=O) groups excluding carboxylic acids is 1. The molecule has 1 fully saturated rings. The summed E-state index contributed by atoms with van der Waals surface area (Å²) < 4.78 is 45.0. The Morgan fingerprint density at radius 3 is 2.37 bits per heavy atom. The van der Waals surface area contributed by atoms with Gasteiger partial charge < -0.3 is 24.1 Å². The first-order valence-corrected chi connectivity index (χ1v) is 21.5. The van der Waals surface area contributed by atoms with Gasteiger partial charge in [-0.15, -0.1) is 0 Å². The number of rotatable bonds is 9. The summed E-state index contributed by atoms with van der Waals surface area (Å²) in [4.78, 5) is 44.8. The molecule has 0 saturated carbocycles. The molecule has 1 N–H and O–H groups in total. The van der Waals surface area contributed by atoms with E-state index in [1.165, 1.54) is 22.8 Å². The predicted octanol–water partition coefficient (Wildman–Crippen LogP) is 8.35. The van der Waals surface area contributed by atoms with Crippen LogP contribution in [0.4, 0.5) is 19.4 Å². The molecule has 1 amide bonds. The molecular formula is C40H54F2N6O5Si. The Morgan fingerprint density at radius 1 is 1.06 bits per heavy atom. The summed E-state index contributed by atoms with van der Waals surface area (Å²) in [5.74, 6) is -2.24. The minimum atomic E-state index is -2.01. The van der Waals surface area contributed by atoms with Crippen LogP contribution in [0.2, 0.25) is 18.1 Å². The first-order valence-electron chi connectivity index (χ1n) is 18.6. The number of aromatic hydroxyl groups is 1. The molecule has 1 saturated heterocycles. The van der Waals surface area contributed by atoms with Gasteiger partial charge in [0.2, 0.25) is 0 Å². The number of nitrogens with zero attached hydrogens (tertiary/aromatic N) is 6. The van der Waals surface area contributed by atoms with Gasteiger partial charge in [0.25, 0.3) is 0 Å². The van der Waals surface area contributed by atoms with Crippen molar-refractivity contribution in [2.24, 2.45) is 0 Å². The Kier molecular flexibility index (Phi) is 11.6. The lowest BCUT2D eigenvalue weighted by Gasteiger charge is -2.41. The van der Waals surface area contributed by atoms with Gasteiger partial charge in [-0.2, -0.15) is 4.98 Å². The van der Waals surface area contributed by atoms with E-state index in [0.29, 0.717) is 30.8 Å². The zero-order valence-electron chi connectivity index (χ0n) is 33.4. The van der Waals surface area contributed by atoms with Crippen molar-refractivity contribution in [1.82, 2.24) is 24.4 Å². The quantitative estimate of drug-likeness (QED) is 0.132. The van der Waals surface area contributed by atoms with E-state index in [-0.39, 0.29) is 53.5 Å². The zero-order valence-corrected chi connectivity index (χ0v) is 34.4. The molecular weight excluding hydrogens is 711 g/mol. The van der Waals surface area contributed by atoms with Gasteiger partial charge in [-0.1, -0.05) is 40.7 Å². The third-order valence-electron chi connectivity index (χ3n) is 10.2. The molecule has 5 rings (SSSR count). The van der Waals surface area contributed by atoms with Gasteiger partial charge in [0, 0.05) is 38.5 Å². The highest BCUT2D eigenvalue weighted by molar-refractivity contribution is 6.74. The summed E-state index contributed by atoms with van der Waals surface area (Å²) in [5, 5.41) is 11.0. The summed E-state index contributed by atoms with van der Waals surface area (Å²) in [6, 6.07) is 6.37. The van der Waals surface area contributed by atoms with E-state index in [1.807, 2.05) is 31.7 Å². The fraction of sp³-hybridized carbons (Fsp3) is 0.525. The molecule has 0 spiro atoms. The molecule has 0 aliphatic carbocycles. The van der Waals surface area contributed by atoms with E-state index in [9.17, 15) is 14.7 Å². The van der Waals surface area contributed by atoms with E-state index >= 15 is 8.78 Å². The number of pyridine rings is 2. The van der Waals surface area contributed by atoms with Crippen molar-refractivity contribution >= 4 is 31.3 Å². The van der Waals surface area contributed by atoms with Gasteiger partial charge in [-0.05, 0) is 94.4 Å². The molecule has 4 aromatic rings. The fourth-order valence-electron chi connectivity index (χ4n) is 6.41. The smallest absolute Gasteiger partial charge is 0.410 e. The molecule has 4 heterocycles. The summed E-state index contributed by atoms with van der Waals surface area (Å²) in [5.41, 5.74) is -0.333. The standard InChI is InChI=1S/C40H54F2N6O5Si/c1-24(2)32-34(26(17-18-43-32)14-13-21-52-54(10,11)40(7,8)9)48-36-27(22-29(42)33(44-36)31-28(41)15-12-16-30(31)49)35(45-37(48)50)47-20-19-46(23-25(47)3)38(51)53-39(4,5)6/h12,15-18,22,24-25,49H,13-14,19-21,23H2,1-11H3/t25-/m0/s1. The number of aryl methyl sites for hydroxylation is 1. The van der Waals surface area contributed by atoms with Gasteiger partial charge in [0.15, 0.2) is 19.8 Å². The first-order chi connectivity index (χ1) is 25.1. The molecule has 1 atom stereocenters. The number of phenolic OH excluding ortho intramolecular Hbond substituents is 1. The maximum absolute atomic E-state index is 16.3. The molecule has 1 aliphatic rings. The number of amides is 1. The highest BCUT2D eigenvalue weighted by Gasteiger charge is 2.37. The predicted molar refractivity (Wildman–Crippen MR) is 210 cm³/mol. The number of phenols is 1. The molecule has 1 aromatic carbocycles. The number of hydrogen-bond donors (Lipinski definition) is 1. The van der Waals surface area contributed by atoms with Crippen molar-refractivity contribution in [3.8, 4) is 22.7 Å². The molecule has 11 nitrogen and oxygen atoms in total. The normalized spacial score (nSPS) is 15.7. The van der Waals surface area contributed by atoms with Gasteiger partial charge >= 0.3 is 11.8 Å². The molecule has 0 bridgehead atoms. The van der Waals surface area contributed by atoms with Crippen molar-refractivity contribution in [2.75, 3.05) is 31.1 Å². The van der Waals surface area contributed by atoms with Crippen LogP contribution < -0.4 is 10.6 Å². The van der Waals surface area contributed by atoms with Gasteiger partial charge in [-0.25, -0.2) is 27.9 Å². The van der Waals surface area contributed by atoms with E-state index in [0.717, 1.165) is 11.6 Å². The Labute approximate surface area is 317 Å². The number of hydrogen-bond acceptors (Lipinski definition) is 9. The monoisotopic (exact) mass is 764 g/mol. The van der Waals surface area contributed by atoms with Gasteiger partial charge in [0.1, 0.15) is 28.7 Å². The SMILES string of the molecule is CC(C)c1nccc(CCCO[Si](C)(C)C(C)(C)C)c1-n1c(=O)nc(N2CCN(C(=O)OC(C)(C)C)C[C@@H]2C)c2cc(F)c(-c3c(O)cccc3F)nc21. The van der Waals surface area contributed by atoms with Crippen LogP contribution in [0.5, 0.6) is 5.75 Å². The van der Waals surface area contributed by atoms with Crippen LogP contribution in [0.3, 0.4) is 0 Å². The van der Waals surface area contributed by atoms with E-state index in [1.54, 1.807) is 31.9 Å². The second-order valence-electron chi connectivity index (χ2n) is 16.9. The molecule has 3 aromatic heterocycles. The third-order valence-corrected chi connectivity index (χ3v) is 14.8. The molecule has 0 unspecified atom stereocenters. The summed E-state index contributed by atoms with van der Waals surface area (Å²) in [6.45, 7) is 23.5. The highest BCUT2D eigenvalue weighted by Crippen LogP contribution is 2.38. The van der Waals surface area contributed by atoms with Crippen molar-refractivity contribution in [2.45, 2.75) is 111 Å². The topological polar surface area (TPSA) is 123 Å². The fourth-order valence-corrected chi connectivity index (χ4v) is 7.50. The Hall–Kier alpha value is -4.43. The van der Waals surface area contributed by atoms with Crippen LogP contribution >= 0.6 is 0 Å². The lowest BCUT2D eigenvalue weighted by atomic mass is 10.0. The molecule has 1 aliphatic heterocycles.